The smallest absolute Gasteiger partial charge is 0.378 e. The lowest BCUT2D eigenvalue weighted by Gasteiger charge is -2.45. The number of ether oxygens (including phenoxy) is 1. The molecule has 3 saturated heterocycles. The highest BCUT2D eigenvalue weighted by molar-refractivity contribution is 6.08. The summed E-state index contributed by atoms with van der Waals surface area (Å²) in [5.41, 5.74) is -4.10. The summed E-state index contributed by atoms with van der Waals surface area (Å²) in [7, 11) is 0. The van der Waals surface area contributed by atoms with Crippen molar-refractivity contribution >= 4 is 18.0 Å². The molecule has 0 radical (unpaired) electrons. The van der Waals surface area contributed by atoms with Crippen LogP contribution >= 0.6 is 0 Å². The van der Waals surface area contributed by atoms with E-state index in [1.807, 2.05) is 0 Å². The van der Waals surface area contributed by atoms with Gasteiger partial charge in [0.05, 0.1) is 12.6 Å². The highest BCUT2D eigenvalue weighted by Gasteiger charge is 2.58. The SMILES string of the molecule is CC(F)(c1ccc2c(c1)CC[C@H]1N(C(=O)NC3CCOCC34NC(=O)NC4=O)CC[C@@]21Cc1ccc(F)cc1)C(F)(F)F. The molecule has 4 aliphatic rings. The number of hydrogen-bond acceptors (Lipinski definition) is 4. The number of carbonyl (C=O) groups excluding carboxylic acids is 3. The third-order valence-corrected chi connectivity index (χ3v) is 9.65. The zero-order valence-corrected chi connectivity index (χ0v) is 23.3. The van der Waals surface area contributed by atoms with E-state index in [4.69, 9.17) is 4.74 Å². The van der Waals surface area contributed by atoms with E-state index in [1.54, 1.807) is 17.0 Å². The predicted molar refractivity (Wildman–Crippen MR) is 143 cm³/mol. The first-order valence-corrected chi connectivity index (χ1v) is 14.2. The van der Waals surface area contributed by atoms with E-state index in [1.165, 1.54) is 24.3 Å². The van der Waals surface area contributed by atoms with Crippen molar-refractivity contribution in [2.45, 2.75) is 73.9 Å². The number of halogens is 5. The highest BCUT2D eigenvalue weighted by atomic mass is 19.4. The van der Waals surface area contributed by atoms with Gasteiger partial charge in [0.25, 0.3) is 5.91 Å². The Labute approximate surface area is 244 Å². The number of benzene rings is 2. The molecule has 3 aliphatic heterocycles. The summed E-state index contributed by atoms with van der Waals surface area (Å²) in [6, 6.07) is 7.67. The topological polar surface area (TPSA) is 99.8 Å². The van der Waals surface area contributed by atoms with Crippen LogP contribution in [0.25, 0.3) is 0 Å². The Bertz CT molecular complexity index is 1470. The minimum atomic E-state index is -5.09. The largest absolute Gasteiger partial charge is 0.426 e. The van der Waals surface area contributed by atoms with E-state index in [0.717, 1.165) is 17.2 Å². The minimum Gasteiger partial charge on any atom is -0.378 e. The molecule has 3 N–H and O–H groups in total. The van der Waals surface area contributed by atoms with Crippen LogP contribution in [0.3, 0.4) is 0 Å². The second-order valence-corrected chi connectivity index (χ2v) is 12.1. The molecule has 1 aliphatic carbocycles. The van der Waals surface area contributed by atoms with Gasteiger partial charge in [-0.3, -0.25) is 10.1 Å². The lowest BCUT2D eigenvalue weighted by atomic mass is 9.63. The van der Waals surface area contributed by atoms with Gasteiger partial charge in [-0.25, -0.2) is 18.4 Å². The number of likely N-dealkylation sites (tertiary alicyclic amines) is 1. The number of hydrogen-bond donors (Lipinski definition) is 3. The van der Waals surface area contributed by atoms with Gasteiger partial charge in [0.15, 0.2) is 5.54 Å². The molecule has 5 atom stereocenters. The predicted octanol–water partition coefficient (Wildman–Crippen LogP) is 4.15. The molecule has 2 aromatic carbocycles. The highest BCUT2D eigenvalue weighted by Crippen LogP contribution is 2.51. The summed E-state index contributed by atoms with van der Waals surface area (Å²) in [6.45, 7) is 0.979. The minimum absolute atomic E-state index is 0.103. The molecule has 8 nitrogen and oxygen atoms in total. The first-order valence-electron chi connectivity index (χ1n) is 14.2. The van der Waals surface area contributed by atoms with Gasteiger partial charge in [0, 0.05) is 24.6 Å². The van der Waals surface area contributed by atoms with Crippen LogP contribution in [-0.4, -0.2) is 66.4 Å². The summed E-state index contributed by atoms with van der Waals surface area (Å²) in [6.07, 6.45) is -3.27. The standard InChI is InChI=1S/C30H31F5N4O4/c1-27(32,30(33,34)35)19-5-8-21-18(14-19)4-9-23-28(21,15-17-2-6-20(31)7-3-17)11-12-39(23)26(42)36-22-10-13-43-16-29(22)24(40)37-25(41)38-29/h2-3,5-8,14,22-23H,4,9-13,15-16H2,1H3,(H,36,42)(H2,37,38,40,41)/t22?,23-,27?,28-,29?/m1/s1. The Kier molecular flexibility index (Phi) is 6.94. The normalized spacial score (nSPS) is 29.9. The molecule has 43 heavy (non-hydrogen) atoms. The van der Waals surface area contributed by atoms with Gasteiger partial charge >= 0.3 is 18.2 Å². The Morgan fingerprint density at radius 1 is 1.12 bits per heavy atom. The van der Waals surface area contributed by atoms with Crippen molar-refractivity contribution in [3.8, 4) is 0 Å². The van der Waals surface area contributed by atoms with Crippen molar-refractivity contribution < 1.29 is 41.1 Å². The third-order valence-electron chi connectivity index (χ3n) is 9.65. The fourth-order valence-corrected chi connectivity index (χ4v) is 7.29. The van der Waals surface area contributed by atoms with E-state index in [0.29, 0.717) is 44.7 Å². The number of rotatable bonds is 4. The van der Waals surface area contributed by atoms with Crippen LogP contribution in [0.2, 0.25) is 0 Å². The lowest BCUT2D eigenvalue weighted by molar-refractivity contribution is -0.228. The summed E-state index contributed by atoms with van der Waals surface area (Å²) in [5.74, 6) is -1.00. The summed E-state index contributed by atoms with van der Waals surface area (Å²) in [4.78, 5) is 40.2. The number of aryl methyl sites for hydroxylation is 1. The molecule has 1 spiro atoms. The monoisotopic (exact) mass is 606 g/mol. The zero-order chi connectivity index (χ0) is 30.8. The molecule has 0 saturated carbocycles. The quantitative estimate of drug-likeness (QED) is 0.360. The molecular weight excluding hydrogens is 575 g/mol. The second-order valence-electron chi connectivity index (χ2n) is 12.1. The van der Waals surface area contributed by atoms with Crippen molar-refractivity contribution in [2.24, 2.45) is 0 Å². The van der Waals surface area contributed by atoms with Crippen molar-refractivity contribution in [2.75, 3.05) is 19.8 Å². The number of alkyl halides is 4. The summed E-state index contributed by atoms with van der Waals surface area (Å²) >= 11 is 0. The van der Waals surface area contributed by atoms with E-state index >= 15 is 0 Å². The Morgan fingerprint density at radius 3 is 2.53 bits per heavy atom. The lowest BCUT2D eigenvalue weighted by Crippen LogP contribution is -2.68. The second kappa shape index (κ2) is 10.2. The van der Waals surface area contributed by atoms with E-state index in [9.17, 15) is 36.3 Å². The number of carbonyl (C=O) groups is 3. The molecule has 230 valence electrons. The molecule has 13 heteroatoms. The van der Waals surface area contributed by atoms with Crippen LogP contribution in [0.1, 0.15) is 48.4 Å². The van der Waals surface area contributed by atoms with E-state index in [2.05, 4.69) is 16.0 Å². The molecule has 2 aromatic rings. The molecule has 3 unspecified atom stereocenters. The van der Waals surface area contributed by atoms with Gasteiger partial charge in [0.1, 0.15) is 5.82 Å². The molecule has 5 amide bonds. The van der Waals surface area contributed by atoms with Crippen LogP contribution < -0.4 is 16.0 Å². The molecule has 0 bridgehead atoms. The molecule has 6 rings (SSSR count). The van der Waals surface area contributed by atoms with Gasteiger partial charge in [-0.05, 0) is 73.4 Å². The average Bonchev–Trinajstić information content (AvgIpc) is 3.47. The van der Waals surface area contributed by atoms with Crippen molar-refractivity contribution in [1.82, 2.24) is 20.9 Å². The number of nitrogens with zero attached hydrogens (tertiary/aromatic N) is 1. The van der Waals surface area contributed by atoms with Crippen molar-refractivity contribution in [3.05, 3.63) is 70.5 Å². The molecule has 3 heterocycles. The van der Waals surface area contributed by atoms with E-state index in [-0.39, 0.29) is 19.6 Å². The zero-order valence-electron chi connectivity index (χ0n) is 23.3. The number of amides is 5. The van der Waals surface area contributed by atoms with Crippen molar-refractivity contribution in [3.63, 3.8) is 0 Å². The molecule has 3 fully saturated rings. The van der Waals surface area contributed by atoms with Crippen LogP contribution in [0, 0.1) is 5.82 Å². The molecular formula is C30H31F5N4O4. The average molecular weight is 607 g/mol. The van der Waals surface area contributed by atoms with Gasteiger partial charge < -0.3 is 20.3 Å². The van der Waals surface area contributed by atoms with Gasteiger partial charge in [-0.2, -0.15) is 13.2 Å². The Morgan fingerprint density at radius 2 is 1.86 bits per heavy atom. The number of nitrogens with one attached hydrogen (secondary N) is 3. The summed E-state index contributed by atoms with van der Waals surface area (Å²) in [5, 5.41) is 7.76. The van der Waals surface area contributed by atoms with Gasteiger partial charge in [-0.1, -0.05) is 30.3 Å². The first kappa shape index (κ1) is 29.3. The number of urea groups is 2. The Balaban J connectivity index is 1.34. The fourth-order valence-electron chi connectivity index (χ4n) is 7.29. The summed E-state index contributed by atoms with van der Waals surface area (Å²) < 4.78 is 74.7. The molecule has 0 aromatic heterocycles. The van der Waals surface area contributed by atoms with Crippen LogP contribution in [-0.2, 0) is 33.5 Å². The maximum Gasteiger partial charge on any atom is 0.426 e. The maximum atomic E-state index is 14.9. The van der Waals surface area contributed by atoms with Gasteiger partial charge in [0.2, 0.25) is 5.67 Å². The first-order chi connectivity index (χ1) is 20.3. The van der Waals surface area contributed by atoms with Crippen LogP contribution in [0.5, 0.6) is 0 Å². The van der Waals surface area contributed by atoms with Crippen molar-refractivity contribution in [1.29, 1.82) is 0 Å². The fraction of sp³-hybridized carbons (Fsp3) is 0.500. The third kappa shape index (κ3) is 4.72. The van der Waals surface area contributed by atoms with Crippen LogP contribution in [0.4, 0.5) is 31.5 Å². The van der Waals surface area contributed by atoms with Gasteiger partial charge in [-0.15, -0.1) is 0 Å². The number of fused-ring (bicyclic) bond motifs is 3. The van der Waals surface area contributed by atoms with Crippen LogP contribution in [0.15, 0.2) is 42.5 Å². The maximum absolute atomic E-state index is 14.9. The van der Waals surface area contributed by atoms with E-state index < -0.39 is 64.2 Å². The Hall–Kier alpha value is -3.74. The number of imide groups is 1.